The van der Waals surface area contributed by atoms with Crippen LogP contribution in [0.3, 0.4) is 0 Å². The van der Waals surface area contributed by atoms with E-state index in [0.717, 1.165) is 17.1 Å². The molecule has 0 spiro atoms. The summed E-state index contributed by atoms with van der Waals surface area (Å²) in [5.41, 5.74) is 0.945. The van der Waals surface area contributed by atoms with Gasteiger partial charge in [0.1, 0.15) is 0 Å². The fraction of sp³-hybridized carbons (Fsp3) is 0.500. The van der Waals surface area contributed by atoms with Crippen molar-refractivity contribution in [3.63, 3.8) is 0 Å². The minimum Gasteiger partial charge on any atom is -0.454 e. The minimum absolute atomic E-state index is 0.0321. The minimum atomic E-state index is 0.0321. The third-order valence-electron chi connectivity index (χ3n) is 2.86. The van der Waals surface area contributed by atoms with Gasteiger partial charge in [-0.1, -0.05) is 26.0 Å². The first-order chi connectivity index (χ1) is 9.16. The topological polar surface area (TPSA) is 59.6 Å². The molecule has 0 unspecified atom stereocenters. The standard InChI is InChI=1S/C14H20N2O3/c1-10(2)15-7-6-13(17)16-8-11-4-3-5-12-14(11)19-9-18-12/h3-5,10,15H,6-9H2,1-2H3,(H,16,17). The predicted molar refractivity (Wildman–Crippen MR) is 72.2 cm³/mol. The van der Waals surface area contributed by atoms with Crippen molar-refractivity contribution in [3.8, 4) is 11.5 Å². The second kappa shape index (κ2) is 6.43. The molecule has 0 atom stereocenters. The zero-order chi connectivity index (χ0) is 13.7. The summed E-state index contributed by atoms with van der Waals surface area (Å²) >= 11 is 0. The van der Waals surface area contributed by atoms with Crippen LogP contribution in [0.15, 0.2) is 18.2 Å². The van der Waals surface area contributed by atoms with Crippen LogP contribution in [-0.2, 0) is 11.3 Å². The molecule has 1 heterocycles. The number of rotatable bonds is 6. The number of amides is 1. The lowest BCUT2D eigenvalue weighted by Crippen LogP contribution is -2.30. The summed E-state index contributed by atoms with van der Waals surface area (Å²) in [6, 6.07) is 6.09. The largest absolute Gasteiger partial charge is 0.454 e. The second-order valence-corrected chi connectivity index (χ2v) is 4.79. The average Bonchev–Trinajstić information content (AvgIpc) is 2.84. The van der Waals surface area contributed by atoms with Crippen LogP contribution in [0.2, 0.25) is 0 Å². The first kappa shape index (κ1) is 13.7. The Labute approximate surface area is 113 Å². The molecule has 2 rings (SSSR count). The maximum atomic E-state index is 11.7. The van der Waals surface area contributed by atoms with Crippen LogP contribution in [0.1, 0.15) is 25.8 Å². The molecule has 1 amide bonds. The Balaban J connectivity index is 1.79. The van der Waals surface area contributed by atoms with E-state index in [0.29, 0.717) is 25.6 Å². The number of ether oxygens (including phenoxy) is 2. The van der Waals surface area contributed by atoms with E-state index in [9.17, 15) is 4.79 Å². The molecule has 0 aromatic heterocycles. The van der Waals surface area contributed by atoms with Gasteiger partial charge in [0, 0.05) is 31.1 Å². The van der Waals surface area contributed by atoms with Crippen molar-refractivity contribution < 1.29 is 14.3 Å². The highest BCUT2D eigenvalue weighted by molar-refractivity contribution is 5.76. The summed E-state index contributed by atoms with van der Waals surface area (Å²) in [5, 5.41) is 6.10. The lowest BCUT2D eigenvalue weighted by Gasteiger charge is -2.09. The van der Waals surface area contributed by atoms with E-state index in [2.05, 4.69) is 24.5 Å². The molecule has 19 heavy (non-hydrogen) atoms. The fourth-order valence-corrected chi connectivity index (χ4v) is 1.89. The average molecular weight is 264 g/mol. The molecule has 2 N–H and O–H groups in total. The van der Waals surface area contributed by atoms with Gasteiger partial charge in [-0.15, -0.1) is 0 Å². The van der Waals surface area contributed by atoms with Gasteiger partial charge in [0.05, 0.1) is 0 Å². The summed E-state index contributed by atoms with van der Waals surface area (Å²) in [6.07, 6.45) is 0.477. The normalized spacial score (nSPS) is 12.8. The zero-order valence-electron chi connectivity index (χ0n) is 11.4. The van der Waals surface area contributed by atoms with Gasteiger partial charge in [-0.3, -0.25) is 4.79 Å². The molecular formula is C14H20N2O3. The van der Waals surface area contributed by atoms with Gasteiger partial charge in [0.2, 0.25) is 12.7 Å². The predicted octanol–water partition coefficient (Wildman–Crippen LogP) is 1.42. The smallest absolute Gasteiger partial charge is 0.231 e. The Kier molecular flexibility index (Phi) is 4.63. The van der Waals surface area contributed by atoms with Crippen LogP contribution in [0.4, 0.5) is 0 Å². The monoisotopic (exact) mass is 264 g/mol. The Morgan fingerprint density at radius 3 is 3.00 bits per heavy atom. The summed E-state index contributed by atoms with van der Waals surface area (Å²) in [6.45, 7) is 5.52. The number of nitrogens with one attached hydrogen (secondary N) is 2. The highest BCUT2D eigenvalue weighted by atomic mass is 16.7. The third-order valence-corrected chi connectivity index (χ3v) is 2.86. The lowest BCUT2D eigenvalue weighted by atomic mass is 10.2. The van der Waals surface area contributed by atoms with E-state index in [1.807, 2.05) is 18.2 Å². The highest BCUT2D eigenvalue weighted by Gasteiger charge is 2.17. The van der Waals surface area contributed by atoms with Gasteiger partial charge in [-0.05, 0) is 6.07 Å². The quantitative estimate of drug-likeness (QED) is 0.816. The van der Waals surface area contributed by atoms with Crippen molar-refractivity contribution >= 4 is 5.91 Å². The molecule has 104 valence electrons. The number of hydrogen-bond donors (Lipinski definition) is 2. The second-order valence-electron chi connectivity index (χ2n) is 4.79. The van der Waals surface area contributed by atoms with E-state index >= 15 is 0 Å². The van der Waals surface area contributed by atoms with Crippen molar-refractivity contribution in [2.75, 3.05) is 13.3 Å². The number of para-hydroxylation sites is 1. The van der Waals surface area contributed by atoms with E-state index in [1.54, 1.807) is 0 Å². The summed E-state index contributed by atoms with van der Waals surface area (Å²) in [4.78, 5) is 11.7. The van der Waals surface area contributed by atoms with Crippen LogP contribution in [0.25, 0.3) is 0 Å². The summed E-state index contributed by atoms with van der Waals surface area (Å²) in [5.74, 6) is 1.51. The number of carbonyl (C=O) groups is 1. The third kappa shape index (κ3) is 3.86. The number of fused-ring (bicyclic) bond motifs is 1. The van der Waals surface area contributed by atoms with Crippen molar-refractivity contribution in [1.29, 1.82) is 0 Å². The molecule has 0 radical (unpaired) electrons. The number of carbonyl (C=O) groups excluding carboxylic acids is 1. The summed E-state index contributed by atoms with van der Waals surface area (Å²) < 4.78 is 10.7. The van der Waals surface area contributed by atoms with E-state index in [1.165, 1.54) is 0 Å². The Morgan fingerprint density at radius 1 is 1.37 bits per heavy atom. The molecule has 0 aliphatic carbocycles. The SMILES string of the molecule is CC(C)NCCC(=O)NCc1cccc2c1OCO2. The molecule has 1 aromatic rings. The molecule has 0 saturated heterocycles. The Bertz CT molecular complexity index is 446. The Hall–Kier alpha value is -1.75. The molecule has 5 heteroatoms. The van der Waals surface area contributed by atoms with Crippen molar-refractivity contribution in [3.05, 3.63) is 23.8 Å². The molecule has 5 nitrogen and oxygen atoms in total. The van der Waals surface area contributed by atoms with Crippen LogP contribution < -0.4 is 20.1 Å². The van der Waals surface area contributed by atoms with Crippen LogP contribution >= 0.6 is 0 Å². The van der Waals surface area contributed by atoms with Gasteiger partial charge < -0.3 is 20.1 Å². The molecule has 0 fully saturated rings. The van der Waals surface area contributed by atoms with Gasteiger partial charge in [-0.2, -0.15) is 0 Å². The van der Waals surface area contributed by atoms with E-state index in [-0.39, 0.29) is 12.7 Å². The van der Waals surface area contributed by atoms with E-state index < -0.39 is 0 Å². The molecule has 0 bridgehead atoms. The maximum Gasteiger partial charge on any atom is 0.231 e. The number of hydrogen-bond acceptors (Lipinski definition) is 4. The fourth-order valence-electron chi connectivity index (χ4n) is 1.89. The summed E-state index contributed by atoms with van der Waals surface area (Å²) in [7, 11) is 0. The molecular weight excluding hydrogens is 244 g/mol. The molecule has 1 aliphatic heterocycles. The van der Waals surface area contributed by atoms with Crippen LogP contribution in [0.5, 0.6) is 11.5 Å². The van der Waals surface area contributed by atoms with Crippen molar-refractivity contribution in [2.24, 2.45) is 0 Å². The van der Waals surface area contributed by atoms with Gasteiger partial charge >= 0.3 is 0 Å². The van der Waals surface area contributed by atoms with Crippen LogP contribution in [-0.4, -0.2) is 25.3 Å². The van der Waals surface area contributed by atoms with Crippen molar-refractivity contribution in [2.45, 2.75) is 32.9 Å². The molecule has 0 saturated carbocycles. The first-order valence-electron chi connectivity index (χ1n) is 6.54. The molecule has 1 aliphatic rings. The van der Waals surface area contributed by atoms with Crippen LogP contribution in [0, 0.1) is 0 Å². The van der Waals surface area contributed by atoms with Crippen molar-refractivity contribution in [1.82, 2.24) is 10.6 Å². The lowest BCUT2D eigenvalue weighted by molar-refractivity contribution is -0.121. The molecule has 1 aromatic carbocycles. The van der Waals surface area contributed by atoms with E-state index in [4.69, 9.17) is 9.47 Å². The van der Waals surface area contributed by atoms with Gasteiger partial charge in [-0.25, -0.2) is 0 Å². The number of benzene rings is 1. The first-order valence-corrected chi connectivity index (χ1v) is 6.54. The maximum absolute atomic E-state index is 11.7. The Morgan fingerprint density at radius 2 is 2.21 bits per heavy atom. The van der Waals surface area contributed by atoms with Gasteiger partial charge in [0.15, 0.2) is 11.5 Å². The zero-order valence-corrected chi connectivity index (χ0v) is 11.4. The van der Waals surface area contributed by atoms with Gasteiger partial charge in [0.25, 0.3) is 0 Å². The highest BCUT2D eigenvalue weighted by Crippen LogP contribution is 2.35.